The van der Waals surface area contributed by atoms with Gasteiger partial charge in [0.15, 0.2) is 9.84 Å². The van der Waals surface area contributed by atoms with Crippen molar-refractivity contribution in [3.63, 3.8) is 0 Å². The van der Waals surface area contributed by atoms with E-state index >= 15 is 0 Å². The summed E-state index contributed by atoms with van der Waals surface area (Å²) >= 11 is 0. The summed E-state index contributed by atoms with van der Waals surface area (Å²) in [6.07, 6.45) is -0.211. The van der Waals surface area contributed by atoms with Crippen LogP contribution in [0.25, 0.3) is 0 Å². The quantitative estimate of drug-likeness (QED) is 0.765. The second-order valence-electron chi connectivity index (χ2n) is 7.09. The first-order valence-electron chi connectivity index (χ1n) is 9.52. The zero-order valence-corrected chi connectivity index (χ0v) is 16.7. The van der Waals surface area contributed by atoms with E-state index in [1.54, 1.807) is 53.4 Å². The van der Waals surface area contributed by atoms with Gasteiger partial charge < -0.3 is 14.5 Å². The Kier molecular flexibility index (Phi) is 5.38. The van der Waals surface area contributed by atoms with Crippen LogP contribution in [0.5, 0.6) is 0 Å². The largest absolute Gasteiger partial charge is 0.378 e. The second kappa shape index (κ2) is 7.96. The lowest BCUT2D eigenvalue weighted by Gasteiger charge is -2.30. The topological polar surface area (TPSA) is 84.0 Å². The maximum absolute atomic E-state index is 13.4. The number of nitrogens with zero attached hydrogens (tertiary/aromatic N) is 2. The van der Waals surface area contributed by atoms with E-state index in [1.165, 1.54) is 11.0 Å². The number of morpholine rings is 1. The van der Waals surface area contributed by atoms with Gasteiger partial charge in [0.25, 0.3) is 0 Å². The molecule has 0 bridgehead atoms. The fourth-order valence-electron chi connectivity index (χ4n) is 3.77. The molecule has 1 saturated heterocycles. The van der Waals surface area contributed by atoms with Crippen LogP contribution in [0.15, 0.2) is 59.5 Å². The highest BCUT2D eigenvalue weighted by Crippen LogP contribution is 2.40. The number of amides is 2. The summed E-state index contributed by atoms with van der Waals surface area (Å²) in [6.45, 7) is 1.66. The smallest absolute Gasteiger partial charge is 0.242 e. The van der Waals surface area contributed by atoms with Crippen LogP contribution in [-0.2, 0) is 24.2 Å². The summed E-state index contributed by atoms with van der Waals surface area (Å²) in [5, 5.41) is -0.985. The number of para-hydroxylation sites is 1. The van der Waals surface area contributed by atoms with Gasteiger partial charge in [-0.1, -0.05) is 42.5 Å². The number of hydrogen-bond donors (Lipinski definition) is 0. The molecule has 2 aliphatic rings. The van der Waals surface area contributed by atoms with E-state index in [-0.39, 0.29) is 35.4 Å². The van der Waals surface area contributed by atoms with Gasteiger partial charge in [-0.2, -0.15) is 0 Å². The molecular formula is C21H22N2O5S. The van der Waals surface area contributed by atoms with Crippen LogP contribution in [0, 0.1) is 0 Å². The van der Waals surface area contributed by atoms with Gasteiger partial charge >= 0.3 is 0 Å². The summed E-state index contributed by atoms with van der Waals surface area (Å²) in [7, 11) is -3.81. The Bertz CT molecular complexity index is 1020. The normalized spacial score (nSPS) is 21.4. The molecule has 2 aliphatic heterocycles. The summed E-state index contributed by atoms with van der Waals surface area (Å²) in [6, 6.07) is 15.1. The molecule has 2 aromatic rings. The summed E-state index contributed by atoms with van der Waals surface area (Å²) < 4.78 is 32.1. The zero-order valence-electron chi connectivity index (χ0n) is 15.9. The monoisotopic (exact) mass is 414 g/mol. The van der Waals surface area contributed by atoms with Crippen molar-refractivity contribution in [2.24, 2.45) is 0 Å². The molecule has 0 unspecified atom stereocenters. The SMILES string of the molecule is O=C(CN1C(=O)C[C@@H](c2ccccc2)S(=O)(=O)c2ccccc21)N1CCOCC1. The van der Waals surface area contributed by atoms with Crippen LogP contribution in [0.2, 0.25) is 0 Å². The van der Waals surface area contributed by atoms with Crippen LogP contribution in [0.3, 0.4) is 0 Å². The molecule has 0 saturated carbocycles. The van der Waals surface area contributed by atoms with Crippen molar-refractivity contribution in [2.45, 2.75) is 16.6 Å². The maximum atomic E-state index is 13.4. The van der Waals surface area contributed by atoms with Crippen molar-refractivity contribution in [3.05, 3.63) is 60.2 Å². The van der Waals surface area contributed by atoms with Gasteiger partial charge in [-0.15, -0.1) is 0 Å². The number of fused-ring (bicyclic) bond motifs is 1. The van der Waals surface area contributed by atoms with Crippen molar-refractivity contribution in [2.75, 3.05) is 37.7 Å². The average Bonchev–Trinajstić information content (AvgIpc) is 2.83. The molecule has 2 amide bonds. The molecule has 1 atom stereocenters. The number of carbonyl (C=O) groups is 2. The van der Waals surface area contributed by atoms with Crippen molar-refractivity contribution in [3.8, 4) is 0 Å². The standard InChI is InChI=1S/C21H22N2O5S/c24-20-14-19(16-6-2-1-3-7-16)29(26,27)18-9-5-4-8-17(18)23(20)15-21(25)22-10-12-28-13-11-22/h1-9,19H,10-15H2/t19-/m0/s1. The third-order valence-corrected chi connectivity index (χ3v) is 7.47. The fraction of sp³-hybridized carbons (Fsp3) is 0.333. The van der Waals surface area contributed by atoms with Crippen LogP contribution >= 0.6 is 0 Å². The third-order valence-electron chi connectivity index (χ3n) is 5.33. The molecule has 2 aromatic carbocycles. The van der Waals surface area contributed by atoms with Crippen molar-refractivity contribution in [1.29, 1.82) is 0 Å². The number of sulfone groups is 1. The highest BCUT2D eigenvalue weighted by molar-refractivity contribution is 7.92. The first-order valence-corrected chi connectivity index (χ1v) is 11.1. The van der Waals surface area contributed by atoms with Gasteiger partial charge in [0.05, 0.1) is 29.0 Å². The molecule has 0 spiro atoms. The summed E-state index contributed by atoms with van der Waals surface area (Å²) in [5.74, 6) is -0.596. The molecule has 1 fully saturated rings. The molecule has 0 radical (unpaired) electrons. The Morgan fingerprint density at radius 3 is 2.38 bits per heavy atom. The lowest BCUT2D eigenvalue weighted by atomic mass is 10.1. The molecule has 0 aliphatic carbocycles. The molecule has 0 aromatic heterocycles. The van der Waals surface area contributed by atoms with E-state index in [0.29, 0.717) is 31.9 Å². The number of anilines is 1. The molecule has 2 heterocycles. The van der Waals surface area contributed by atoms with Gasteiger partial charge in [-0.3, -0.25) is 9.59 Å². The molecule has 4 rings (SSSR count). The van der Waals surface area contributed by atoms with Gasteiger partial charge in [-0.25, -0.2) is 8.42 Å². The summed E-state index contributed by atoms with van der Waals surface area (Å²) in [5.41, 5.74) is 0.828. The van der Waals surface area contributed by atoms with Crippen LogP contribution in [-0.4, -0.2) is 58.0 Å². The Hall–Kier alpha value is -2.71. The molecule has 0 N–H and O–H groups in total. The Labute approximate surface area is 169 Å². The number of carbonyl (C=O) groups excluding carboxylic acids is 2. The van der Waals surface area contributed by atoms with Crippen LogP contribution in [0.1, 0.15) is 17.2 Å². The zero-order chi connectivity index (χ0) is 20.4. The minimum absolute atomic E-state index is 0.0782. The lowest BCUT2D eigenvalue weighted by Crippen LogP contribution is -2.47. The Morgan fingerprint density at radius 1 is 1.00 bits per heavy atom. The highest BCUT2D eigenvalue weighted by atomic mass is 32.2. The molecule has 29 heavy (non-hydrogen) atoms. The van der Waals surface area contributed by atoms with Gasteiger partial charge in [0.1, 0.15) is 6.54 Å². The lowest BCUT2D eigenvalue weighted by molar-refractivity contribution is -0.135. The molecule has 152 valence electrons. The Balaban J connectivity index is 1.73. The second-order valence-corrected chi connectivity index (χ2v) is 9.19. The van der Waals surface area contributed by atoms with Gasteiger partial charge in [-0.05, 0) is 17.7 Å². The number of ether oxygens (including phenoxy) is 1. The van der Waals surface area contributed by atoms with E-state index in [1.807, 2.05) is 0 Å². The predicted octanol–water partition coefficient (Wildman–Crippen LogP) is 1.80. The first-order chi connectivity index (χ1) is 14.0. The maximum Gasteiger partial charge on any atom is 0.242 e. The number of hydrogen-bond acceptors (Lipinski definition) is 5. The number of benzene rings is 2. The molecule has 8 heteroatoms. The van der Waals surface area contributed by atoms with Crippen LogP contribution < -0.4 is 4.90 Å². The van der Waals surface area contributed by atoms with E-state index in [9.17, 15) is 18.0 Å². The fourth-order valence-corrected chi connectivity index (χ4v) is 5.69. The van der Waals surface area contributed by atoms with Gasteiger partial charge in [0.2, 0.25) is 11.8 Å². The number of rotatable bonds is 3. The first kappa shape index (κ1) is 19.6. The van der Waals surface area contributed by atoms with E-state index in [0.717, 1.165) is 0 Å². The van der Waals surface area contributed by atoms with Crippen molar-refractivity contribution >= 4 is 27.3 Å². The van der Waals surface area contributed by atoms with Crippen LogP contribution in [0.4, 0.5) is 5.69 Å². The highest BCUT2D eigenvalue weighted by Gasteiger charge is 2.40. The van der Waals surface area contributed by atoms with Crippen molar-refractivity contribution in [1.82, 2.24) is 4.90 Å². The van der Waals surface area contributed by atoms with Crippen molar-refractivity contribution < 1.29 is 22.7 Å². The minimum atomic E-state index is -3.81. The predicted molar refractivity (Wildman–Crippen MR) is 107 cm³/mol. The third kappa shape index (κ3) is 3.77. The Morgan fingerprint density at radius 2 is 1.66 bits per heavy atom. The minimum Gasteiger partial charge on any atom is -0.378 e. The molecule has 7 nitrogen and oxygen atoms in total. The van der Waals surface area contributed by atoms with E-state index in [2.05, 4.69) is 0 Å². The van der Waals surface area contributed by atoms with E-state index < -0.39 is 15.1 Å². The van der Waals surface area contributed by atoms with Gasteiger partial charge in [0, 0.05) is 19.5 Å². The molecular weight excluding hydrogens is 392 g/mol. The van der Waals surface area contributed by atoms with E-state index in [4.69, 9.17) is 4.74 Å². The average molecular weight is 414 g/mol. The summed E-state index contributed by atoms with van der Waals surface area (Å²) in [4.78, 5) is 28.9.